The first-order valence-electron chi connectivity index (χ1n) is 12.1. The summed E-state index contributed by atoms with van der Waals surface area (Å²) < 4.78 is 11.5. The molecule has 4 amide bonds. The van der Waals surface area contributed by atoms with Gasteiger partial charge in [-0.2, -0.15) is 0 Å². The van der Waals surface area contributed by atoms with Crippen molar-refractivity contribution in [3.05, 3.63) is 72.8 Å². The van der Waals surface area contributed by atoms with Crippen molar-refractivity contribution in [3.8, 4) is 11.5 Å². The van der Waals surface area contributed by atoms with Crippen molar-refractivity contribution in [2.75, 3.05) is 23.0 Å². The van der Waals surface area contributed by atoms with Gasteiger partial charge < -0.3 is 9.47 Å². The third-order valence-electron chi connectivity index (χ3n) is 5.88. The molecule has 2 heterocycles. The standard InChI is InChI=1S/C28H28N2O6/c31-25-15-16-26(32)29(25)21-7-11-23(12-8-21)35-19-5-3-1-2-4-6-20-36-24-13-9-22(10-14-24)30-27(33)17-18-28(30)34/h7-18H,1-6,19-20H2. The van der Waals surface area contributed by atoms with Crippen LogP contribution in [0.15, 0.2) is 72.8 Å². The maximum atomic E-state index is 11.7. The second-order valence-electron chi connectivity index (χ2n) is 8.50. The summed E-state index contributed by atoms with van der Waals surface area (Å²) in [6.07, 6.45) is 11.4. The number of benzene rings is 2. The van der Waals surface area contributed by atoms with Gasteiger partial charge in [0.15, 0.2) is 0 Å². The Kier molecular flexibility index (Phi) is 8.28. The molecule has 2 aliphatic rings. The van der Waals surface area contributed by atoms with Crippen LogP contribution >= 0.6 is 0 Å². The highest BCUT2D eigenvalue weighted by Gasteiger charge is 2.25. The zero-order valence-corrected chi connectivity index (χ0v) is 19.9. The molecule has 2 aliphatic heterocycles. The Morgan fingerprint density at radius 2 is 0.750 bits per heavy atom. The predicted octanol–water partition coefficient (Wildman–Crippen LogP) is 4.34. The molecule has 0 N–H and O–H groups in total. The van der Waals surface area contributed by atoms with Gasteiger partial charge in [0.05, 0.1) is 24.6 Å². The molecule has 186 valence electrons. The number of amides is 4. The Hall–Kier alpha value is -4.20. The fourth-order valence-electron chi connectivity index (χ4n) is 3.98. The van der Waals surface area contributed by atoms with Crippen LogP contribution in [0, 0.1) is 0 Å². The van der Waals surface area contributed by atoms with E-state index in [1.807, 2.05) is 0 Å². The van der Waals surface area contributed by atoms with Gasteiger partial charge in [-0.05, 0) is 61.4 Å². The van der Waals surface area contributed by atoms with E-state index in [4.69, 9.17) is 9.47 Å². The number of unbranched alkanes of at least 4 members (excludes halogenated alkanes) is 5. The molecule has 8 heteroatoms. The Bertz CT molecular complexity index is 1040. The minimum absolute atomic E-state index is 0.331. The zero-order chi connectivity index (χ0) is 25.3. The lowest BCUT2D eigenvalue weighted by atomic mass is 10.1. The van der Waals surface area contributed by atoms with Gasteiger partial charge in [0.25, 0.3) is 23.6 Å². The Morgan fingerprint density at radius 3 is 1.08 bits per heavy atom. The van der Waals surface area contributed by atoms with Crippen molar-refractivity contribution < 1.29 is 28.7 Å². The van der Waals surface area contributed by atoms with Crippen LogP contribution in [-0.2, 0) is 19.2 Å². The second kappa shape index (κ2) is 12.0. The molecule has 0 atom stereocenters. The molecule has 0 spiro atoms. The van der Waals surface area contributed by atoms with Crippen molar-refractivity contribution in [1.82, 2.24) is 0 Å². The monoisotopic (exact) mass is 488 g/mol. The fourth-order valence-corrected chi connectivity index (χ4v) is 3.98. The van der Waals surface area contributed by atoms with Gasteiger partial charge in [-0.1, -0.05) is 25.7 Å². The number of hydrogen-bond acceptors (Lipinski definition) is 6. The summed E-state index contributed by atoms with van der Waals surface area (Å²) in [5, 5.41) is 0. The van der Waals surface area contributed by atoms with Crippen molar-refractivity contribution in [2.45, 2.75) is 38.5 Å². The molecule has 0 radical (unpaired) electrons. The average molecular weight is 489 g/mol. The summed E-state index contributed by atoms with van der Waals surface area (Å²) >= 11 is 0. The smallest absolute Gasteiger partial charge is 0.258 e. The van der Waals surface area contributed by atoms with Gasteiger partial charge in [-0.25, -0.2) is 9.80 Å². The third kappa shape index (κ3) is 6.27. The number of ether oxygens (including phenoxy) is 2. The predicted molar refractivity (Wildman–Crippen MR) is 135 cm³/mol. The third-order valence-corrected chi connectivity index (χ3v) is 5.88. The van der Waals surface area contributed by atoms with E-state index in [2.05, 4.69) is 0 Å². The Morgan fingerprint density at radius 1 is 0.444 bits per heavy atom. The maximum absolute atomic E-state index is 11.7. The van der Waals surface area contributed by atoms with E-state index in [1.54, 1.807) is 48.5 Å². The highest BCUT2D eigenvalue weighted by atomic mass is 16.5. The summed E-state index contributed by atoms with van der Waals surface area (Å²) in [7, 11) is 0. The summed E-state index contributed by atoms with van der Waals surface area (Å²) in [4.78, 5) is 49.1. The minimum Gasteiger partial charge on any atom is -0.494 e. The van der Waals surface area contributed by atoms with Crippen LogP contribution in [0.2, 0.25) is 0 Å². The summed E-state index contributed by atoms with van der Waals surface area (Å²) in [6, 6.07) is 13.9. The topological polar surface area (TPSA) is 93.2 Å². The normalized spacial score (nSPS) is 14.9. The summed E-state index contributed by atoms with van der Waals surface area (Å²) in [5.74, 6) is 0.103. The molecule has 0 saturated heterocycles. The summed E-state index contributed by atoms with van der Waals surface area (Å²) in [5.41, 5.74) is 1.08. The van der Waals surface area contributed by atoms with Crippen LogP contribution in [-0.4, -0.2) is 36.8 Å². The Balaban J connectivity index is 1.03. The molecule has 0 fully saturated rings. The number of anilines is 2. The lowest BCUT2D eigenvalue weighted by Gasteiger charge is -2.14. The minimum atomic E-state index is -0.331. The molecule has 2 aromatic carbocycles. The van der Waals surface area contributed by atoms with E-state index < -0.39 is 0 Å². The second-order valence-corrected chi connectivity index (χ2v) is 8.50. The van der Waals surface area contributed by atoms with E-state index in [0.29, 0.717) is 36.1 Å². The molecular weight excluding hydrogens is 460 g/mol. The van der Waals surface area contributed by atoms with E-state index in [0.717, 1.165) is 48.3 Å². The molecule has 0 aliphatic carbocycles. The summed E-state index contributed by atoms with van der Waals surface area (Å²) in [6.45, 7) is 1.23. The highest BCUT2D eigenvalue weighted by molar-refractivity contribution is 6.28. The van der Waals surface area contributed by atoms with Gasteiger partial charge >= 0.3 is 0 Å². The van der Waals surface area contributed by atoms with Crippen LogP contribution in [0.1, 0.15) is 38.5 Å². The number of hydrogen-bond donors (Lipinski definition) is 0. The van der Waals surface area contributed by atoms with E-state index >= 15 is 0 Å². The van der Waals surface area contributed by atoms with Crippen molar-refractivity contribution in [2.24, 2.45) is 0 Å². The number of rotatable bonds is 13. The number of nitrogens with zero attached hydrogens (tertiary/aromatic N) is 2. The quantitative estimate of drug-likeness (QED) is 0.308. The first kappa shape index (κ1) is 24.9. The maximum Gasteiger partial charge on any atom is 0.258 e. The van der Waals surface area contributed by atoms with Gasteiger partial charge in [0.1, 0.15) is 11.5 Å². The van der Waals surface area contributed by atoms with E-state index in [-0.39, 0.29) is 23.6 Å². The molecule has 0 unspecified atom stereocenters. The average Bonchev–Trinajstić information content (AvgIpc) is 3.40. The van der Waals surface area contributed by atoms with Crippen molar-refractivity contribution >= 4 is 35.0 Å². The number of carbonyl (C=O) groups is 4. The fraction of sp³-hybridized carbons (Fsp3) is 0.286. The Labute approximate surface area is 209 Å². The van der Waals surface area contributed by atoms with Crippen LogP contribution in [0.3, 0.4) is 0 Å². The number of imide groups is 2. The number of carbonyl (C=O) groups excluding carboxylic acids is 4. The molecule has 4 rings (SSSR count). The molecule has 0 aromatic heterocycles. The molecule has 8 nitrogen and oxygen atoms in total. The molecule has 0 saturated carbocycles. The van der Waals surface area contributed by atoms with Gasteiger partial charge in [-0.3, -0.25) is 19.2 Å². The SMILES string of the molecule is O=C1C=CC(=O)N1c1ccc(OCCCCCCCCOc2ccc(N3C(=O)C=CC3=O)cc2)cc1. The molecule has 0 bridgehead atoms. The van der Waals surface area contributed by atoms with Crippen LogP contribution < -0.4 is 19.3 Å². The van der Waals surface area contributed by atoms with E-state index in [9.17, 15) is 19.2 Å². The van der Waals surface area contributed by atoms with Crippen LogP contribution in [0.4, 0.5) is 11.4 Å². The van der Waals surface area contributed by atoms with Gasteiger partial charge in [0.2, 0.25) is 0 Å². The lowest BCUT2D eigenvalue weighted by Crippen LogP contribution is -2.29. The van der Waals surface area contributed by atoms with E-state index in [1.165, 1.54) is 24.3 Å². The van der Waals surface area contributed by atoms with Crippen LogP contribution in [0.25, 0.3) is 0 Å². The first-order valence-corrected chi connectivity index (χ1v) is 12.1. The van der Waals surface area contributed by atoms with Crippen molar-refractivity contribution in [1.29, 1.82) is 0 Å². The lowest BCUT2D eigenvalue weighted by molar-refractivity contribution is -0.121. The first-order chi connectivity index (χ1) is 17.5. The largest absolute Gasteiger partial charge is 0.494 e. The highest BCUT2D eigenvalue weighted by Crippen LogP contribution is 2.24. The zero-order valence-electron chi connectivity index (χ0n) is 19.9. The molecular formula is C28H28N2O6. The van der Waals surface area contributed by atoms with Gasteiger partial charge in [-0.15, -0.1) is 0 Å². The molecule has 2 aromatic rings. The van der Waals surface area contributed by atoms with Gasteiger partial charge in [0, 0.05) is 24.3 Å². The van der Waals surface area contributed by atoms with Crippen molar-refractivity contribution in [3.63, 3.8) is 0 Å². The molecule has 36 heavy (non-hydrogen) atoms. The van der Waals surface area contributed by atoms with Crippen LogP contribution in [0.5, 0.6) is 11.5 Å².